The number of amides is 1. The van der Waals surface area contributed by atoms with Crippen LogP contribution in [0.4, 0.5) is 5.95 Å². The van der Waals surface area contributed by atoms with E-state index in [2.05, 4.69) is 9.97 Å². The highest BCUT2D eigenvalue weighted by Gasteiger charge is 2.09. The highest BCUT2D eigenvalue weighted by molar-refractivity contribution is 5.75. The van der Waals surface area contributed by atoms with Gasteiger partial charge in [0.2, 0.25) is 11.9 Å². The fourth-order valence-electron chi connectivity index (χ4n) is 1.68. The number of anilines is 1. The number of fused-ring (bicyclic) bond motifs is 1. The highest BCUT2D eigenvalue weighted by Crippen LogP contribution is 2.16. The second-order valence-corrected chi connectivity index (χ2v) is 4.00. The molecule has 7 heteroatoms. The van der Waals surface area contributed by atoms with Crippen molar-refractivity contribution < 1.29 is 9.53 Å². The van der Waals surface area contributed by atoms with Gasteiger partial charge >= 0.3 is 0 Å². The smallest absolute Gasteiger partial charge is 0.243 e. The van der Waals surface area contributed by atoms with Gasteiger partial charge in [-0.25, -0.2) is 9.97 Å². The standard InChI is InChI=1S/C11H15N5O2/c1-7-4-8-10(14-5-7)16(11(13)15-8)2-3-18-6-9(12)17/h4-5H,2-3,6H2,1H3,(H2,12,17)(H2,13,15). The summed E-state index contributed by atoms with van der Waals surface area (Å²) in [4.78, 5) is 19.0. The molecule has 0 aliphatic rings. The zero-order valence-corrected chi connectivity index (χ0v) is 10.1. The van der Waals surface area contributed by atoms with Crippen LogP contribution in [0.1, 0.15) is 5.56 Å². The van der Waals surface area contributed by atoms with Gasteiger partial charge in [-0.1, -0.05) is 0 Å². The third kappa shape index (κ3) is 2.57. The van der Waals surface area contributed by atoms with Crippen LogP contribution in [0.25, 0.3) is 11.2 Å². The summed E-state index contributed by atoms with van der Waals surface area (Å²) in [7, 11) is 0. The normalized spacial score (nSPS) is 10.9. The zero-order valence-electron chi connectivity index (χ0n) is 10.1. The molecule has 0 atom stereocenters. The molecular weight excluding hydrogens is 234 g/mol. The van der Waals surface area contributed by atoms with Gasteiger partial charge in [0.25, 0.3) is 0 Å². The van der Waals surface area contributed by atoms with E-state index >= 15 is 0 Å². The number of aryl methyl sites for hydroxylation is 1. The van der Waals surface area contributed by atoms with Gasteiger partial charge in [0.15, 0.2) is 5.65 Å². The lowest BCUT2D eigenvalue weighted by Gasteiger charge is -2.05. The molecule has 0 spiro atoms. The summed E-state index contributed by atoms with van der Waals surface area (Å²) in [5, 5.41) is 0. The number of nitrogens with zero attached hydrogens (tertiary/aromatic N) is 3. The maximum absolute atomic E-state index is 10.5. The minimum Gasteiger partial charge on any atom is -0.370 e. The molecule has 2 aromatic heterocycles. The van der Waals surface area contributed by atoms with E-state index in [1.807, 2.05) is 13.0 Å². The van der Waals surface area contributed by atoms with Crippen LogP contribution in [-0.4, -0.2) is 33.7 Å². The second-order valence-electron chi connectivity index (χ2n) is 4.00. The third-order valence-electron chi connectivity index (χ3n) is 2.45. The summed E-state index contributed by atoms with van der Waals surface area (Å²) >= 11 is 0. The lowest BCUT2D eigenvalue weighted by molar-refractivity contribution is -0.122. The molecule has 1 amide bonds. The first-order valence-electron chi connectivity index (χ1n) is 5.52. The number of nitrogen functional groups attached to an aromatic ring is 1. The molecule has 0 unspecified atom stereocenters. The molecule has 0 bridgehead atoms. The lowest BCUT2D eigenvalue weighted by atomic mass is 10.3. The minimum atomic E-state index is -0.493. The first-order valence-corrected chi connectivity index (χ1v) is 5.52. The van der Waals surface area contributed by atoms with E-state index in [4.69, 9.17) is 16.2 Å². The molecule has 0 aliphatic heterocycles. The van der Waals surface area contributed by atoms with Crippen LogP contribution in [-0.2, 0) is 16.1 Å². The number of carbonyl (C=O) groups is 1. The number of hydrogen-bond acceptors (Lipinski definition) is 5. The van der Waals surface area contributed by atoms with Crippen LogP contribution < -0.4 is 11.5 Å². The average Bonchev–Trinajstić information content (AvgIpc) is 2.59. The van der Waals surface area contributed by atoms with Crippen LogP contribution >= 0.6 is 0 Å². The Morgan fingerprint density at radius 1 is 1.56 bits per heavy atom. The Labute approximate surface area is 104 Å². The van der Waals surface area contributed by atoms with Crippen molar-refractivity contribution in [2.24, 2.45) is 5.73 Å². The topological polar surface area (TPSA) is 109 Å². The van der Waals surface area contributed by atoms with Crippen molar-refractivity contribution >= 4 is 23.0 Å². The fraction of sp³-hybridized carbons (Fsp3) is 0.364. The number of carbonyl (C=O) groups excluding carboxylic acids is 1. The van der Waals surface area contributed by atoms with Crippen LogP contribution in [0.3, 0.4) is 0 Å². The van der Waals surface area contributed by atoms with Gasteiger partial charge < -0.3 is 16.2 Å². The van der Waals surface area contributed by atoms with E-state index in [-0.39, 0.29) is 6.61 Å². The molecule has 0 aromatic carbocycles. The Kier molecular flexibility index (Phi) is 3.42. The minimum absolute atomic E-state index is 0.0981. The van der Waals surface area contributed by atoms with E-state index in [1.165, 1.54) is 0 Å². The molecule has 96 valence electrons. The number of aromatic nitrogens is 3. The van der Waals surface area contributed by atoms with Crippen LogP contribution in [0.15, 0.2) is 12.3 Å². The van der Waals surface area contributed by atoms with Gasteiger partial charge in [0, 0.05) is 6.20 Å². The van der Waals surface area contributed by atoms with E-state index < -0.39 is 5.91 Å². The lowest BCUT2D eigenvalue weighted by Crippen LogP contribution is -2.20. The summed E-state index contributed by atoms with van der Waals surface area (Å²) in [5.41, 5.74) is 13.3. The van der Waals surface area contributed by atoms with Gasteiger partial charge in [0.1, 0.15) is 12.1 Å². The third-order valence-corrected chi connectivity index (χ3v) is 2.45. The summed E-state index contributed by atoms with van der Waals surface area (Å²) < 4.78 is 6.84. The molecule has 4 N–H and O–H groups in total. The molecule has 0 aliphatic carbocycles. The van der Waals surface area contributed by atoms with E-state index in [1.54, 1.807) is 10.8 Å². The molecule has 0 saturated heterocycles. The Hall–Kier alpha value is -2.15. The molecule has 0 radical (unpaired) electrons. The van der Waals surface area contributed by atoms with Crippen molar-refractivity contribution in [1.29, 1.82) is 0 Å². The van der Waals surface area contributed by atoms with Crippen molar-refractivity contribution in [2.75, 3.05) is 18.9 Å². The monoisotopic (exact) mass is 249 g/mol. The largest absolute Gasteiger partial charge is 0.370 e. The summed E-state index contributed by atoms with van der Waals surface area (Å²) in [6.45, 7) is 2.65. The molecule has 18 heavy (non-hydrogen) atoms. The molecule has 2 rings (SSSR count). The number of pyridine rings is 1. The van der Waals surface area contributed by atoms with Gasteiger partial charge in [-0.2, -0.15) is 0 Å². The quantitative estimate of drug-likeness (QED) is 0.715. The first kappa shape index (κ1) is 12.3. The molecule has 2 heterocycles. The number of rotatable bonds is 5. The summed E-state index contributed by atoms with van der Waals surface area (Å²) in [6, 6.07) is 1.92. The van der Waals surface area contributed by atoms with Crippen molar-refractivity contribution in [2.45, 2.75) is 13.5 Å². The SMILES string of the molecule is Cc1cnc2c(c1)nc(N)n2CCOCC(N)=O. The van der Waals surface area contributed by atoms with Gasteiger partial charge in [-0.3, -0.25) is 9.36 Å². The number of ether oxygens (including phenoxy) is 1. The number of nitrogens with two attached hydrogens (primary N) is 2. The van der Waals surface area contributed by atoms with Gasteiger partial charge in [-0.15, -0.1) is 0 Å². The van der Waals surface area contributed by atoms with Crippen molar-refractivity contribution in [3.8, 4) is 0 Å². The number of hydrogen-bond donors (Lipinski definition) is 2. The fourth-order valence-corrected chi connectivity index (χ4v) is 1.68. The molecule has 0 fully saturated rings. The Balaban J connectivity index is 2.12. The first-order chi connectivity index (χ1) is 8.58. The summed E-state index contributed by atoms with van der Waals surface area (Å²) in [6.07, 6.45) is 1.75. The Morgan fingerprint density at radius 3 is 3.06 bits per heavy atom. The zero-order chi connectivity index (χ0) is 13.1. The Morgan fingerprint density at radius 2 is 2.33 bits per heavy atom. The van der Waals surface area contributed by atoms with E-state index in [9.17, 15) is 4.79 Å². The van der Waals surface area contributed by atoms with Crippen molar-refractivity contribution in [1.82, 2.24) is 14.5 Å². The predicted molar refractivity (Wildman–Crippen MR) is 66.7 cm³/mol. The Bertz CT molecular complexity index is 578. The number of primary amides is 1. The maximum atomic E-state index is 10.5. The van der Waals surface area contributed by atoms with Crippen LogP contribution in [0.2, 0.25) is 0 Å². The van der Waals surface area contributed by atoms with Crippen molar-refractivity contribution in [3.63, 3.8) is 0 Å². The van der Waals surface area contributed by atoms with Gasteiger partial charge in [-0.05, 0) is 18.6 Å². The predicted octanol–water partition coefficient (Wildman–Crippen LogP) is -0.176. The van der Waals surface area contributed by atoms with Gasteiger partial charge in [0.05, 0.1) is 13.2 Å². The average molecular weight is 249 g/mol. The maximum Gasteiger partial charge on any atom is 0.243 e. The second kappa shape index (κ2) is 5.01. The van der Waals surface area contributed by atoms with E-state index in [0.29, 0.717) is 24.7 Å². The van der Waals surface area contributed by atoms with Crippen molar-refractivity contribution in [3.05, 3.63) is 17.8 Å². The molecular formula is C11H15N5O2. The van der Waals surface area contributed by atoms with Crippen LogP contribution in [0.5, 0.6) is 0 Å². The van der Waals surface area contributed by atoms with E-state index in [0.717, 1.165) is 11.1 Å². The molecule has 0 saturated carbocycles. The van der Waals surface area contributed by atoms with Crippen LogP contribution in [0, 0.1) is 6.92 Å². The molecule has 7 nitrogen and oxygen atoms in total. The summed E-state index contributed by atoms with van der Waals surface area (Å²) in [5.74, 6) is -0.113. The highest BCUT2D eigenvalue weighted by atomic mass is 16.5. The molecule has 2 aromatic rings. The number of imidazole rings is 1.